The van der Waals surface area contributed by atoms with Gasteiger partial charge in [-0.25, -0.2) is 4.98 Å². The van der Waals surface area contributed by atoms with Gasteiger partial charge in [0.15, 0.2) is 5.58 Å². The van der Waals surface area contributed by atoms with E-state index in [-0.39, 0.29) is 11.8 Å². The summed E-state index contributed by atoms with van der Waals surface area (Å²) < 4.78 is 5.85. The standard InChI is InChI=1S/C19H21N3O2/c1-12(2)18(23)20-14-8-9-17-16(11-14)21-19(24-17)13-6-5-7-15(10-13)22(3)4/h5-12H,1-4H3,(H,20,23). The highest BCUT2D eigenvalue weighted by atomic mass is 16.3. The summed E-state index contributed by atoms with van der Waals surface area (Å²) in [6.07, 6.45) is 0. The maximum atomic E-state index is 11.8. The van der Waals surface area contributed by atoms with E-state index in [4.69, 9.17) is 4.42 Å². The van der Waals surface area contributed by atoms with E-state index in [0.29, 0.717) is 11.5 Å². The molecule has 1 amide bonds. The first kappa shape index (κ1) is 16.1. The molecule has 2 aromatic carbocycles. The van der Waals surface area contributed by atoms with Crippen molar-refractivity contribution in [1.82, 2.24) is 4.98 Å². The van der Waals surface area contributed by atoms with Crippen LogP contribution in [0.4, 0.5) is 11.4 Å². The van der Waals surface area contributed by atoms with Crippen LogP contribution in [0, 0.1) is 5.92 Å². The fourth-order valence-electron chi connectivity index (χ4n) is 2.33. The van der Waals surface area contributed by atoms with Crippen molar-refractivity contribution in [2.75, 3.05) is 24.3 Å². The molecule has 5 nitrogen and oxygen atoms in total. The Balaban J connectivity index is 1.94. The highest BCUT2D eigenvalue weighted by Crippen LogP contribution is 2.28. The Morgan fingerprint density at radius 3 is 2.67 bits per heavy atom. The van der Waals surface area contributed by atoms with Gasteiger partial charge >= 0.3 is 0 Å². The van der Waals surface area contributed by atoms with Gasteiger partial charge in [0.25, 0.3) is 0 Å². The zero-order valence-corrected chi connectivity index (χ0v) is 14.3. The van der Waals surface area contributed by atoms with Crippen LogP contribution in [-0.2, 0) is 4.79 Å². The van der Waals surface area contributed by atoms with Gasteiger partial charge in [-0.3, -0.25) is 4.79 Å². The zero-order chi connectivity index (χ0) is 17.3. The molecule has 0 aliphatic rings. The Morgan fingerprint density at radius 1 is 1.17 bits per heavy atom. The molecular formula is C19H21N3O2. The van der Waals surface area contributed by atoms with Crippen LogP contribution < -0.4 is 10.2 Å². The van der Waals surface area contributed by atoms with Crippen molar-refractivity contribution in [1.29, 1.82) is 0 Å². The molecule has 0 saturated carbocycles. The quantitative estimate of drug-likeness (QED) is 0.783. The van der Waals surface area contributed by atoms with Crippen LogP contribution in [-0.4, -0.2) is 25.0 Å². The number of rotatable bonds is 4. The maximum Gasteiger partial charge on any atom is 0.227 e. The number of anilines is 2. The number of hydrogen-bond acceptors (Lipinski definition) is 4. The number of carbonyl (C=O) groups is 1. The predicted octanol–water partition coefficient (Wildman–Crippen LogP) is 4.16. The highest BCUT2D eigenvalue weighted by molar-refractivity contribution is 5.94. The Kier molecular flexibility index (Phi) is 4.25. The van der Waals surface area contributed by atoms with Crippen molar-refractivity contribution in [3.05, 3.63) is 42.5 Å². The van der Waals surface area contributed by atoms with Crippen molar-refractivity contribution < 1.29 is 9.21 Å². The Labute approximate surface area is 141 Å². The molecule has 1 aromatic heterocycles. The van der Waals surface area contributed by atoms with E-state index in [1.54, 1.807) is 0 Å². The third kappa shape index (κ3) is 3.25. The first-order chi connectivity index (χ1) is 11.4. The molecule has 0 fully saturated rings. The number of hydrogen-bond donors (Lipinski definition) is 1. The Hall–Kier alpha value is -2.82. The van der Waals surface area contributed by atoms with Crippen molar-refractivity contribution in [3.8, 4) is 11.5 Å². The normalized spacial score (nSPS) is 11.0. The minimum Gasteiger partial charge on any atom is -0.436 e. The molecule has 0 atom stereocenters. The van der Waals surface area contributed by atoms with Gasteiger partial charge in [0.2, 0.25) is 11.8 Å². The predicted molar refractivity (Wildman–Crippen MR) is 97.2 cm³/mol. The van der Waals surface area contributed by atoms with Crippen LogP contribution in [0.2, 0.25) is 0 Å². The second-order valence-corrected chi connectivity index (χ2v) is 6.29. The molecule has 24 heavy (non-hydrogen) atoms. The van der Waals surface area contributed by atoms with E-state index in [0.717, 1.165) is 22.5 Å². The molecule has 0 radical (unpaired) electrons. The second kappa shape index (κ2) is 6.35. The van der Waals surface area contributed by atoms with E-state index in [1.807, 2.05) is 75.3 Å². The topological polar surface area (TPSA) is 58.4 Å². The summed E-state index contributed by atoms with van der Waals surface area (Å²) in [6.45, 7) is 3.72. The molecule has 0 aliphatic heterocycles. The van der Waals surface area contributed by atoms with Gasteiger partial charge in [-0.2, -0.15) is 0 Å². The minimum absolute atomic E-state index is 0.0169. The van der Waals surface area contributed by atoms with E-state index in [9.17, 15) is 4.79 Å². The molecule has 0 saturated heterocycles. The van der Waals surface area contributed by atoms with Crippen molar-refractivity contribution in [2.24, 2.45) is 5.92 Å². The third-order valence-corrected chi connectivity index (χ3v) is 3.79. The lowest BCUT2D eigenvalue weighted by Gasteiger charge is -2.12. The average Bonchev–Trinajstić information content (AvgIpc) is 2.98. The largest absolute Gasteiger partial charge is 0.436 e. The third-order valence-electron chi connectivity index (χ3n) is 3.79. The smallest absolute Gasteiger partial charge is 0.227 e. The number of nitrogens with zero attached hydrogens (tertiary/aromatic N) is 2. The zero-order valence-electron chi connectivity index (χ0n) is 14.3. The van der Waals surface area contributed by atoms with Gasteiger partial charge in [0.1, 0.15) is 5.52 Å². The first-order valence-electron chi connectivity index (χ1n) is 7.93. The number of nitrogens with one attached hydrogen (secondary N) is 1. The monoisotopic (exact) mass is 323 g/mol. The fraction of sp³-hybridized carbons (Fsp3) is 0.263. The number of fused-ring (bicyclic) bond motifs is 1. The van der Waals surface area contributed by atoms with Crippen LogP contribution in [0.3, 0.4) is 0 Å². The number of benzene rings is 2. The lowest BCUT2D eigenvalue weighted by molar-refractivity contribution is -0.118. The fourth-order valence-corrected chi connectivity index (χ4v) is 2.33. The van der Waals surface area contributed by atoms with E-state index in [2.05, 4.69) is 10.3 Å². The Morgan fingerprint density at radius 2 is 1.96 bits per heavy atom. The summed E-state index contributed by atoms with van der Waals surface area (Å²) in [5.41, 5.74) is 4.15. The molecule has 3 aromatic rings. The van der Waals surface area contributed by atoms with Gasteiger partial charge in [-0.05, 0) is 36.4 Å². The lowest BCUT2D eigenvalue weighted by Crippen LogP contribution is -2.17. The van der Waals surface area contributed by atoms with Gasteiger partial charge in [-0.1, -0.05) is 19.9 Å². The molecule has 0 aliphatic carbocycles. The summed E-state index contributed by atoms with van der Waals surface area (Å²) in [4.78, 5) is 18.4. The summed E-state index contributed by atoms with van der Waals surface area (Å²) in [6, 6.07) is 13.5. The molecule has 1 N–H and O–H groups in total. The van der Waals surface area contributed by atoms with Crippen LogP contribution in [0.5, 0.6) is 0 Å². The van der Waals surface area contributed by atoms with Crippen molar-refractivity contribution >= 4 is 28.4 Å². The number of oxazole rings is 1. The van der Waals surface area contributed by atoms with Gasteiger partial charge in [-0.15, -0.1) is 0 Å². The summed E-state index contributed by atoms with van der Waals surface area (Å²) in [5.74, 6) is 0.486. The number of aromatic nitrogens is 1. The summed E-state index contributed by atoms with van der Waals surface area (Å²) >= 11 is 0. The number of carbonyl (C=O) groups excluding carboxylic acids is 1. The number of amides is 1. The molecule has 0 spiro atoms. The summed E-state index contributed by atoms with van der Waals surface area (Å²) in [5, 5.41) is 2.88. The van der Waals surface area contributed by atoms with Crippen molar-refractivity contribution in [3.63, 3.8) is 0 Å². The van der Waals surface area contributed by atoms with Crippen LogP contribution >= 0.6 is 0 Å². The average molecular weight is 323 g/mol. The molecule has 0 unspecified atom stereocenters. The Bertz CT molecular complexity index is 881. The van der Waals surface area contributed by atoms with E-state index in [1.165, 1.54) is 0 Å². The highest BCUT2D eigenvalue weighted by Gasteiger charge is 2.12. The van der Waals surface area contributed by atoms with Crippen LogP contribution in [0.1, 0.15) is 13.8 Å². The maximum absolute atomic E-state index is 11.8. The van der Waals surface area contributed by atoms with Gasteiger partial charge in [0, 0.05) is 37.0 Å². The molecular weight excluding hydrogens is 302 g/mol. The van der Waals surface area contributed by atoms with Crippen LogP contribution in [0.15, 0.2) is 46.9 Å². The minimum atomic E-state index is -0.0673. The molecule has 3 rings (SSSR count). The van der Waals surface area contributed by atoms with E-state index < -0.39 is 0 Å². The molecule has 1 heterocycles. The van der Waals surface area contributed by atoms with Gasteiger partial charge in [0.05, 0.1) is 0 Å². The molecule has 0 bridgehead atoms. The van der Waals surface area contributed by atoms with E-state index >= 15 is 0 Å². The van der Waals surface area contributed by atoms with Crippen LogP contribution in [0.25, 0.3) is 22.6 Å². The molecule has 124 valence electrons. The van der Waals surface area contributed by atoms with Crippen molar-refractivity contribution in [2.45, 2.75) is 13.8 Å². The SMILES string of the molecule is CC(C)C(=O)Nc1ccc2oc(-c3cccc(N(C)C)c3)nc2c1. The first-order valence-corrected chi connectivity index (χ1v) is 7.93. The summed E-state index contributed by atoms with van der Waals surface area (Å²) in [7, 11) is 3.99. The molecule has 5 heteroatoms. The van der Waals surface area contributed by atoms with Gasteiger partial charge < -0.3 is 14.6 Å². The lowest BCUT2D eigenvalue weighted by atomic mass is 10.2. The second-order valence-electron chi connectivity index (χ2n) is 6.29.